The van der Waals surface area contributed by atoms with Crippen LogP contribution in [-0.2, 0) is 15.5 Å². The summed E-state index contributed by atoms with van der Waals surface area (Å²) in [7, 11) is -0.861. The highest BCUT2D eigenvalue weighted by Gasteiger charge is 2.15. The first-order valence-corrected chi connectivity index (χ1v) is 8.06. The van der Waals surface area contributed by atoms with Gasteiger partial charge in [0.25, 0.3) is 0 Å². The van der Waals surface area contributed by atoms with Crippen molar-refractivity contribution in [1.29, 1.82) is 0 Å². The Morgan fingerprint density at radius 3 is 2.90 bits per heavy atom. The molecule has 0 aromatic carbocycles. The molecule has 1 aromatic heterocycles. The summed E-state index contributed by atoms with van der Waals surface area (Å²) in [5.41, 5.74) is 6.36. The van der Waals surface area contributed by atoms with Crippen LogP contribution >= 0.6 is 0 Å². The molecule has 0 saturated heterocycles. The molecule has 6 nitrogen and oxygen atoms in total. The van der Waals surface area contributed by atoms with Gasteiger partial charge in [-0.1, -0.05) is 6.92 Å². The summed E-state index contributed by atoms with van der Waals surface area (Å²) < 4.78 is 16.2. The quantitative estimate of drug-likeness (QED) is 0.739. The Balaban J connectivity index is 2.74. The Kier molecular flexibility index (Phi) is 6.44. The maximum atomic E-state index is 11.8. The largest absolute Gasteiger partial charge is 0.462 e. The van der Waals surface area contributed by atoms with Crippen LogP contribution in [-0.4, -0.2) is 39.8 Å². The van der Waals surface area contributed by atoms with Crippen LogP contribution in [0.25, 0.3) is 0 Å². The second-order valence-corrected chi connectivity index (χ2v) is 6.21. The van der Waals surface area contributed by atoms with Crippen LogP contribution < -0.4 is 11.1 Å². The molecule has 1 aromatic rings. The third kappa shape index (κ3) is 4.80. The van der Waals surface area contributed by atoms with Crippen LogP contribution in [0.2, 0.25) is 0 Å². The number of carbonyl (C=O) groups is 1. The average molecular weight is 299 g/mol. The lowest BCUT2D eigenvalue weighted by Gasteiger charge is -2.12. The molecule has 2 unspecified atom stereocenters. The van der Waals surface area contributed by atoms with Crippen molar-refractivity contribution >= 4 is 28.3 Å². The topological polar surface area (TPSA) is 94.3 Å². The summed E-state index contributed by atoms with van der Waals surface area (Å²) in [6.07, 6.45) is 3.88. The molecule has 0 aliphatic rings. The standard InChI is InChI=1S/C13H21N3O3S/c1-4-19-13(17)11-7-10(14)8-16-12(11)15-6-5-9(2)20(3)18/h7-9H,4-6,14H2,1-3H3,(H,15,16). The normalized spacial score (nSPS) is 13.6. The van der Waals surface area contributed by atoms with Crippen LogP contribution in [0, 0.1) is 0 Å². The SMILES string of the molecule is CCOC(=O)c1cc(N)cnc1NCCC(C)S(C)=O. The van der Waals surface area contributed by atoms with Gasteiger partial charge in [0, 0.05) is 28.9 Å². The monoisotopic (exact) mass is 299 g/mol. The number of hydrogen-bond acceptors (Lipinski definition) is 6. The van der Waals surface area contributed by atoms with Gasteiger partial charge in [-0.05, 0) is 19.4 Å². The molecule has 0 fully saturated rings. The summed E-state index contributed by atoms with van der Waals surface area (Å²) in [5, 5.41) is 3.15. The molecular formula is C13H21N3O3S. The van der Waals surface area contributed by atoms with E-state index in [9.17, 15) is 9.00 Å². The molecule has 3 N–H and O–H groups in total. The highest BCUT2D eigenvalue weighted by molar-refractivity contribution is 7.84. The molecule has 1 rings (SSSR count). The van der Waals surface area contributed by atoms with Gasteiger partial charge in [-0.2, -0.15) is 0 Å². The lowest BCUT2D eigenvalue weighted by Crippen LogP contribution is -2.17. The number of aromatic nitrogens is 1. The molecular weight excluding hydrogens is 278 g/mol. The first-order valence-electron chi connectivity index (χ1n) is 6.44. The molecule has 112 valence electrons. The number of hydrogen-bond donors (Lipinski definition) is 2. The van der Waals surface area contributed by atoms with E-state index in [0.717, 1.165) is 6.42 Å². The van der Waals surface area contributed by atoms with Crippen LogP contribution in [0.5, 0.6) is 0 Å². The number of nitrogens with one attached hydrogen (secondary N) is 1. The Morgan fingerprint density at radius 2 is 2.30 bits per heavy atom. The minimum Gasteiger partial charge on any atom is -0.462 e. The van der Waals surface area contributed by atoms with E-state index < -0.39 is 16.8 Å². The van der Waals surface area contributed by atoms with Crippen molar-refractivity contribution < 1.29 is 13.7 Å². The molecule has 7 heteroatoms. The van der Waals surface area contributed by atoms with Crippen molar-refractivity contribution in [2.75, 3.05) is 30.5 Å². The predicted octanol–water partition coefficient (Wildman–Crippen LogP) is 1.41. The average Bonchev–Trinajstić information content (AvgIpc) is 2.40. The van der Waals surface area contributed by atoms with Gasteiger partial charge in [-0.15, -0.1) is 0 Å². The van der Waals surface area contributed by atoms with Gasteiger partial charge in [0.05, 0.1) is 18.5 Å². The smallest absolute Gasteiger partial charge is 0.341 e. The third-order valence-electron chi connectivity index (χ3n) is 2.81. The Labute approximate surface area is 121 Å². The van der Waals surface area contributed by atoms with Crippen LogP contribution in [0.15, 0.2) is 12.3 Å². The molecule has 0 radical (unpaired) electrons. The third-order valence-corrected chi connectivity index (χ3v) is 4.18. The summed E-state index contributed by atoms with van der Waals surface area (Å²) in [4.78, 5) is 15.9. The molecule has 0 saturated carbocycles. The van der Waals surface area contributed by atoms with Crippen molar-refractivity contribution in [2.24, 2.45) is 0 Å². The highest BCUT2D eigenvalue weighted by Crippen LogP contribution is 2.17. The van der Waals surface area contributed by atoms with Crippen LogP contribution in [0.1, 0.15) is 30.6 Å². The van der Waals surface area contributed by atoms with E-state index in [2.05, 4.69) is 10.3 Å². The maximum Gasteiger partial charge on any atom is 0.341 e. The van der Waals surface area contributed by atoms with E-state index in [-0.39, 0.29) is 5.25 Å². The van der Waals surface area contributed by atoms with Crippen molar-refractivity contribution in [3.63, 3.8) is 0 Å². The summed E-state index contributed by atoms with van der Waals surface area (Å²) in [5.74, 6) is -0.0198. The lowest BCUT2D eigenvalue weighted by atomic mass is 10.2. The van der Waals surface area contributed by atoms with Crippen molar-refractivity contribution in [3.8, 4) is 0 Å². The van der Waals surface area contributed by atoms with E-state index in [1.807, 2.05) is 6.92 Å². The van der Waals surface area contributed by atoms with Gasteiger partial charge >= 0.3 is 5.97 Å². The number of rotatable bonds is 7. The molecule has 0 aliphatic carbocycles. The number of ether oxygens (including phenoxy) is 1. The zero-order valence-corrected chi connectivity index (χ0v) is 12.8. The fourth-order valence-corrected chi connectivity index (χ4v) is 2.00. The Bertz CT molecular complexity index is 494. The second-order valence-electron chi connectivity index (χ2n) is 4.41. The first kappa shape index (κ1) is 16.4. The fraction of sp³-hybridized carbons (Fsp3) is 0.538. The van der Waals surface area contributed by atoms with Gasteiger partial charge in [-0.3, -0.25) is 4.21 Å². The van der Waals surface area contributed by atoms with Gasteiger partial charge < -0.3 is 15.8 Å². The van der Waals surface area contributed by atoms with Gasteiger partial charge in [0.1, 0.15) is 11.4 Å². The number of nitrogen functional groups attached to an aromatic ring is 1. The Morgan fingerprint density at radius 1 is 1.60 bits per heavy atom. The van der Waals surface area contributed by atoms with Crippen molar-refractivity contribution in [1.82, 2.24) is 4.98 Å². The predicted molar refractivity (Wildman–Crippen MR) is 81.2 cm³/mol. The number of nitrogens with two attached hydrogens (primary N) is 1. The zero-order valence-electron chi connectivity index (χ0n) is 12.0. The lowest BCUT2D eigenvalue weighted by molar-refractivity contribution is 0.0527. The van der Waals surface area contributed by atoms with Crippen molar-refractivity contribution in [2.45, 2.75) is 25.5 Å². The molecule has 0 amide bonds. The fourth-order valence-electron chi connectivity index (χ4n) is 1.55. The Hall–Kier alpha value is -1.63. The van der Waals surface area contributed by atoms with E-state index >= 15 is 0 Å². The van der Waals surface area contributed by atoms with Crippen molar-refractivity contribution in [3.05, 3.63) is 17.8 Å². The number of anilines is 2. The summed E-state index contributed by atoms with van der Waals surface area (Å²) in [6, 6.07) is 1.54. The van der Waals surface area contributed by atoms with Gasteiger partial charge in [0.2, 0.25) is 0 Å². The van der Waals surface area contributed by atoms with E-state index in [0.29, 0.717) is 30.2 Å². The second kappa shape index (κ2) is 7.84. The number of carbonyl (C=O) groups excluding carboxylic acids is 1. The first-order chi connectivity index (χ1) is 9.45. The zero-order chi connectivity index (χ0) is 15.1. The summed E-state index contributed by atoms with van der Waals surface area (Å²) in [6.45, 7) is 4.52. The molecule has 0 aliphatic heterocycles. The van der Waals surface area contributed by atoms with Crippen LogP contribution in [0.3, 0.4) is 0 Å². The van der Waals surface area contributed by atoms with E-state index in [1.54, 1.807) is 13.2 Å². The summed E-state index contributed by atoms with van der Waals surface area (Å²) >= 11 is 0. The number of esters is 1. The molecule has 0 spiro atoms. The number of nitrogens with zero attached hydrogens (tertiary/aromatic N) is 1. The molecule has 0 bridgehead atoms. The minimum absolute atomic E-state index is 0.0855. The van der Waals surface area contributed by atoms with Gasteiger partial charge in [-0.25, -0.2) is 9.78 Å². The maximum absolute atomic E-state index is 11.8. The number of pyridine rings is 1. The van der Waals surface area contributed by atoms with E-state index in [1.165, 1.54) is 12.3 Å². The molecule has 20 heavy (non-hydrogen) atoms. The molecule has 2 atom stereocenters. The molecule has 1 heterocycles. The van der Waals surface area contributed by atoms with Gasteiger partial charge in [0.15, 0.2) is 0 Å². The van der Waals surface area contributed by atoms with Crippen LogP contribution in [0.4, 0.5) is 11.5 Å². The highest BCUT2D eigenvalue weighted by atomic mass is 32.2. The van der Waals surface area contributed by atoms with E-state index in [4.69, 9.17) is 10.5 Å². The minimum atomic E-state index is -0.861.